The number of ether oxygens (including phenoxy) is 1. The van der Waals surface area contributed by atoms with E-state index < -0.39 is 36.2 Å². The van der Waals surface area contributed by atoms with Crippen LogP contribution in [0.2, 0.25) is 0 Å². The third-order valence-corrected chi connectivity index (χ3v) is 2.67. The van der Waals surface area contributed by atoms with Gasteiger partial charge in [0, 0.05) is 13.5 Å². The first-order valence-electron chi connectivity index (χ1n) is 5.58. The summed E-state index contributed by atoms with van der Waals surface area (Å²) in [5, 5.41) is 31.1. The van der Waals surface area contributed by atoms with Gasteiger partial charge < -0.3 is 26.8 Å². The van der Waals surface area contributed by atoms with E-state index in [1.54, 1.807) is 6.92 Å². The zero-order chi connectivity index (χ0) is 13.9. The van der Waals surface area contributed by atoms with Crippen molar-refractivity contribution in [1.29, 1.82) is 0 Å². The molecule has 104 valence electrons. The fourth-order valence-corrected chi connectivity index (χ4v) is 1.92. The van der Waals surface area contributed by atoms with Crippen LogP contribution in [-0.2, 0) is 14.3 Å². The maximum Gasteiger partial charge on any atom is 1.00 e. The Morgan fingerprint density at radius 3 is 2.47 bits per heavy atom. The van der Waals surface area contributed by atoms with Crippen LogP contribution in [0.25, 0.3) is 0 Å². The number of carbonyl (C=O) groups is 2. The number of aliphatic carboxylic acids is 1. The Morgan fingerprint density at radius 1 is 1.47 bits per heavy atom. The summed E-state index contributed by atoms with van der Waals surface area (Å²) in [6.45, 7) is 3.10. The van der Waals surface area contributed by atoms with E-state index in [2.05, 4.69) is 5.32 Å². The van der Waals surface area contributed by atoms with Crippen molar-refractivity contribution in [3.63, 3.8) is 0 Å². The molecule has 1 amide bonds. The minimum atomic E-state index is -1.32. The molecule has 0 aliphatic heterocycles. The van der Waals surface area contributed by atoms with E-state index in [0.29, 0.717) is 0 Å². The smallest absolute Gasteiger partial charge is 1.00 e. The van der Waals surface area contributed by atoms with Gasteiger partial charge in [-0.15, -0.1) is 0 Å². The van der Waals surface area contributed by atoms with Crippen LogP contribution in [0, 0.1) is 0 Å². The average Bonchev–Trinajstić information content (AvgIpc) is 2.27. The summed E-state index contributed by atoms with van der Waals surface area (Å²) in [5.41, 5.74) is -0.210. The summed E-state index contributed by atoms with van der Waals surface area (Å²) in [7, 11) is 0. The quantitative estimate of drug-likeness (QED) is 0.388. The van der Waals surface area contributed by atoms with E-state index in [0.717, 1.165) is 6.08 Å². The molecular formula is C11H18NNaO6. The van der Waals surface area contributed by atoms with Crippen molar-refractivity contribution in [2.45, 2.75) is 38.2 Å². The maximum absolute atomic E-state index is 11.0. The van der Waals surface area contributed by atoms with Gasteiger partial charge in [-0.05, 0) is 13.0 Å². The number of rotatable bonds is 4. The summed E-state index contributed by atoms with van der Waals surface area (Å²) in [6, 6.07) is -0.984. The standard InChI is InChI=1S/C11H17NO6.Na.H/c1-3-18-10-6(11(16)17)4-7(14)8(9(10)15)12-5(2)13;;/h4,7-10,14-15H,3H2,1-2H3,(H,12,13)(H,16,17);;/q;+1;-1. The zero-order valence-electron chi connectivity index (χ0n) is 12.2. The maximum atomic E-state index is 11.0. The molecule has 0 fully saturated rings. The first-order valence-corrected chi connectivity index (χ1v) is 5.58. The Bertz CT molecular complexity index is 378. The third kappa shape index (κ3) is 4.55. The van der Waals surface area contributed by atoms with Crippen molar-refractivity contribution in [2.75, 3.05) is 6.61 Å². The number of hydrogen-bond acceptors (Lipinski definition) is 5. The molecule has 4 atom stereocenters. The largest absolute Gasteiger partial charge is 1.00 e. The summed E-state index contributed by atoms with van der Waals surface area (Å²) < 4.78 is 5.17. The minimum absolute atomic E-state index is 0. The van der Waals surface area contributed by atoms with Crippen molar-refractivity contribution in [3.05, 3.63) is 11.6 Å². The van der Waals surface area contributed by atoms with Gasteiger partial charge in [0.05, 0.1) is 17.7 Å². The summed E-state index contributed by atoms with van der Waals surface area (Å²) in [4.78, 5) is 22.0. The molecule has 4 unspecified atom stereocenters. The van der Waals surface area contributed by atoms with Gasteiger partial charge in [-0.25, -0.2) is 4.79 Å². The van der Waals surface area contributed by atoms with Gasteiger partial charge in [0.15, 0.2) is 0 Å². The molecule has 4 N–H and O–H groups in total. The van der Waals surface area contributed by atoms with Crippen molar-refractivity contribution in [2.24, 2.45) is 0 Å². The summed E-state index contributed by atoms with van der Waals surface area (Å²) >= 11 is 0. The van der Waals surface area contributed by atoms with Crippen molar-refractivity contribution in [3.8, 4) is 0 Å². The van der Waals surface area contributed by atoms with Crippen LogP contribution < -0.4 is 34.9 Å². The van der Waals surface area contributed by atoms with Gasteiger partial charge in [-0.3, -0.25) is 4.79 Å². The minimum Gasteiger partial charge on any atom is -1.00 e. The van der Waals surface area contributed by atoms with Crippen LogP contribution >= 0.6 is 0 Å². The molecule has 0 aromatic carbocycles. The fourth-order valence-electron chi connectivity index (χ4n) is 1.92. The molecule has 0 radical (unpaired) electrons. The predicted molar refractivity (Wildman–Crippen MR) is 61.9 cm³/mol. The molecular weight excluding hydrogens is 265 g/mol. The van der Waals surface area contributed by atoms with E-state index in [1.807, 2.05) is 0 Å². The van der Waals surface area contributed by atoms with Crippen LogP contribution in [0.15, 0.2) is 11.6 Å². The van der Waals surface area contributed by atoms with Gasteiger partial charge in [-0.1, -0.05) is 0 Å². The summed E-state index contributed by atoms with van der Waals surface area (Å²) in [5.74, 6) is -1.70. The van der Waals surface area contributed by atoms with Crippen LogP contribution in [0.4, 0.5) is 0 Å². The van der Waals surface area contributed by atoms with E-state index in [4.69, 9.17) is 9.84 Å². The first-order chi connectivity index (χ1) is 8.38. The van der Waals surface area contributed by atoms with Crippen molar-refractivity contribution < 1.29 is 60.6 Å². The number of hydrogen-bond donors (Lipinski definition) is 4. The molecule has 0 bridgehead atoms. The molecule has 0 heterocycles. The normalized spacial score (nSPS) is 30.0. The second-order valence-corrected chi connectivity index (χ2v) is 4.01. The Morgan fingerprint density at radius 2 is 2.05 bits per heavy atom. The van der Waals surface area contributed by atoms with E-state index in [1.165, 1.54) is 6.92 Å². The molecule has 0 aromatic rings. The molecule has 0 spiro atoms. The van der Waals surface area contributed by atoms with Gasteiger partial charge >= 0.3 is 35.5 Å². The number of carboxylic acids is 1. The molecule has 1 aliphatic rings. The third-order valence-electron chi connectivity index (χ3n) is 2.67. The van der Waals surface area contributed by atoms with Crippen LogP contribution in [0.1, 0.15) is 15.3 Å². The predicted octanol–water partition coefficient (Wildman–Crippen LogP) is -4.24. The van der Waals surface area contributed by atoms with E-state index in [-0.39, 0.29) is 43.2 Å². The van der Waals surface area contributed by atoms with Crippen LogP contribution in [0.3, 0.4) is 0 Å². The summed E-state index contributed by atoms with van der Waals surface area (Å²) in [6.07, 6.45) is -2.59. The Hall–Kier alpha value is -0.440. The van der Waals surface area contributed by atoms with Gasteiger partial charge in [0.2, 0.25) is 5.91 Å². The van der Waals surface area contributed by atoms with Gasteiger partial charge in [0.1, 0.15) is 12.2 Å². The van der Waals surface area contributed by atoms with E-state index in [9.17, 15) is 19.8 Å². The van der Waals surface area contributed by atoms with Crippen molar-refractivity contribution >= 4 is 11.9 Å². The van der Waals surface area contributed by atoms with Crippen LogP contribution in [-0.4, -0.2) is 58.2 Å². The molecule has 8 heteroatoms. The molecule has 0 saturated carbocycles. The molecule has 1 aliphatic carbocycles. The zero-order valence-corrected chi connectivity index (χ0v) is 13.2. The Labute approximate surface area is 134 Å². The second-order valence-electron chi connectivity index (χ2n) is 4.01. The molecule has 1 rings (SSSR count). The first kappa shape index (κ1) is 18.6. The SMILES string of the molecule is CCOC1C(C(=O)O)=CC(O)C(NC(C)=O)C1O.[H-].[Na+]. The average molecular weight is 283 g/mol. The number of amides is 1. The monoisotopic (exact) mass is 283 g/mol. The van der Waals surface area contributed by atoms with Gasteiger partial charge in [0.25, 0.3) is 0 Å². The molecule has 0 saturated heterocycles. The topological polar surface area (TPSA) is 116 Å². The van der Waals surface area contributed by atoms with Crippen LogP contribution in [0.5, 0.6) is 0 Å². The fraction of sp³-hybridized carbons (Fsp3) is 0.636. The van der Waals surface area contributed by atoms with E-state index >= 15 is 0 Å². The number of aliphatic hydroxyl groups excluding tert-OH is 2. The number of aliphatic hydroxyl groups is 2. The number of carboxylic acid groups (broad SMARTS) is 1. The van der Waals surface area contributed by atoms with Gasteiger partial charge in [-0.2, -0.15) is 0 Å². The molecule has 7 nitrogen and oxygen atoms in total. The second kappa shape index (κ2) is 7.98. The Balaban J connectivity index is 0. The Kier molecular flexibility index (Phi) is 7.80. The molecule has 0 aromatic heterocycles. The van der Waals surface area contributed by atoms with Crippen molar-refractivity contribution in [1.82, 2.24) is 5.32 Å². The molecule has 19 heavy (non-hydrogen) atoms. The number of carbonyl (C=O) groups excluding carboxylic acids is 1. The number of nitrogens with one attached hydrogen (secondary N) is 1.